The molecule has 5 nitrogen and oxygen atoms in total. The van der Waals surface area contributed by atoms with Gasteiger partial charge in [0.2, 0.25) is 0 Å². The maximum Gasteiger partial charge on any atom is 0.124 e. The molecule has 0 unspecified atom stereocenters. The summed E-state index contributed by atoms with van der Waals surface area (Å²) in [6, 6.07) is 0. The fourth-order valence-electron chi connectivity index (χ4n) is 6.67. The SMILES string of the molecule is C[C@]1([C@H]2CC[C@@]3(C)[C@@H](CC[C@]3(C)O)[C@@H]2C=O)Cc2cn[nH]c2C[C@@H]1C=O. The van der Waals surface area contributed by atoms with Crippen molar-refractivity contribution in [2.75, 3.05) is 0 Å². The predicted octanol–water partition coefficient (Wildman–Crippen LogP) is 2.72. The van der Waals surface area contributed by atoms with Gasteiger partial charge in [0.15, 0.2) is 0 Å². The number of aldehydes is 2. The van der Waals surface area contributed by atoms with Crippen molar-refractivity contribution in [2.24, 2.45) is 34.5 Å². The quantitative estimate of drug-likeness (QED) is 0.814. The minimum atomic E-state index is -0.709. The molecule has 1 aromatic heterocycles. The Morgan fingerprint density at radius 1 is 1.15 bits per heavy atom. The lowest BCUT2D eigenvalue weighted by Gasteiger charge is -2.55. The summed E-state index contributed by atoms with van der Waals surface area (Å²) >= 11 is 0. The highest BCUT2D eigenvalue weighted by molar-refractivity contribution is 5.60. The zero-order valence-corrected chi connectivity index (χ0v) is 16.0. The first-order valence-electron chi connectivity index (χ1n) is 9.91. The molecule has 3 aliphatic carbocycles. The van der Waals surface area contributed by atoms with Gasteiger partial charge < -0.3 is 14.7 Å². The van der Waals surface area contributed by atoms with E-state index < -0.39 is 5.60 Å². The molecule has 2 fully saturated rings. The lowest BCUT2D eigenvalue weighted by molar-refractivity contribution is -0.142. The number of hydrogen-bond donors (Lipinski definition) is 2. The van der Waals surface area contributed by atoms with Gasteiger partial charge in [-0.05, 0) is 73.7 Å². The van der Waals surface area contributed by atoms with Gasteiger partial charge in [0.05, 0.1) is 11.8 Å². The van der Waals surface area contributed by atoms with Crippen LogP contribution in [0.2, 0.25) is 0 Å². The van der Waals surface area contributed by atoms with Crippen LogP contribution in [0.1, 0.15) is 57.7 Å². The van der Waals surface area contributed by atoms with Crippen molar-refractivity contribution in [3.05, 3.63) is 17.5 Å². The number of carbonyl (C=O) groups excluding carboxylic acids is 2. The van der Waals surface area contributed by atoms with Gasteiger partial charge in [-0.2, -0.15) is 5.10 Å². The lowest BCUT2D eigenvalue weighted by Crippen LogP contribution is -2.54. The minimum absolute atomic E-state index is 0.0939. The third-order valence-corrected chi connectivity index (χ3v) is 8.71. The lowest BCUT2D eigenvalue weighted by atomic mass is 9.49. The molecular formula is C21H30N2O3. The van der Waals surface area contributed by atoms with Gasteiger partial charge in [0.1, 0.15) is 12.6 Å². The second-order valence-electron chi connectivity index (χ2n) is 9.70. The van der Waals surface area contributed by atoms with Crippen molar-refractivity contribution < 1.29 is 14.7 Å². The number of aromatic amines is 1. The molecule has 26 heavy (non-hydrogen) atoms. The predicted molar refractivity (Wildman–Crippen MR) is 97.4 cm³/mol. The van der Waals surface area contributed by atoms with Crippen LogP contribution in [0.15, 0.2) is 6.20 Å². The van der Waals surface area contributed by atoms with Crippen LogP contribution >= 0.6 is 0 Å². The van der Waals surface area contributed by atoms with Crippen LogP contribution in [0.5, 0.6) is 0 Å². The van der Waals surface area contributed by atoms with Crippen molar-refractivity contribution in [3.63, 3.8) is 0 Å². The molecule has 2 N–H and O–H groups in total. The Kier molecular flexibility index (Phi) is 3.96. The zero-order chi connectivity index (χ0) is 18.7. The molecule has 0 amide bonds. The topological polar surface area (TPSA) is 83.0 Å². The normalized spacial score (nSPS) is 47.8. The number of rotatable bonds is 3. The molecule has 4 rings (SSSR count). The van der Waals surface area contributed by atoms with Crippen molar-refractivity contribution in [1.29, 1.82) is 0 Å². The summed E-state index contributed by atoms with van der Waals surface area (Å²) in [7, 11) is 0. The molecule has 7 atom stereocenters. The number of aromatic nitrogens is 2. The highest BCUT2D eigenvalue weighted by Crippen LogP contribution is 2.63. The Labute approximate surface area is 154 Å². The fourth-order valence-corrected chi connectivity index (χ4v) is 6.67. The highest BCUT2D eigenvalue weighted by atomic mass is 16.3. The molecular weight excluding hydrogens is 328 g/mol. The monoisotopic (exact) mass is 358 g/mol. The number of H-pyrrole nitrogens is 1. The van der Waals surface area contributed by atoms with Crippen LogP contribution in [0.25, 0.3) is 0 Å². The van der Waals surface area contributed by atoms with E-state index in [1.54, 1.807) is 0 Å². The second kappa shape index (κ2) is 5.75. The third kappa shape index (κ3) is 2.22. The fraction of sp³-hybridized carbons (Fsp3) is 0.762. The summed E-state index contributed by atoms with van der Waals surface area (Å²) in [5.74, 6) is 0.173. The summed E-state index contributed by atoms with van der Waals surface area (Å²) in [4.78, 5) is 24.2. The number of carbonyl (C=O) groups is 2. The van der Waals surface area contributed by atoms with E-state index in [0.29, 0.717) is 6.42 Å². The van der Waals surface area contributed by atoms with Gasteiger partial charge >= 0.3 is 0 Å². The van der Waals surface area contributed by atoms with Gasteiger partial charge in [-0.3, -0.25) is 5.10 Å². The van der Waals surface area contributed by atoms with Crippen molar-refractivity contribution in [3.8, 4) is 0 Å². The van der Waals surface area contributed by atoms with Crippen LogP contribution in [0.3, 0.4) is 0 Å². The summed E-state index contributed by atoms with van der Waals surface area (Å²) < 4.78 is 0. The van der Waals surface area contributed by atoms with E-state index in [1.807, 2.05) is 13.1 Å². The second-order valence-corrected chi connectivity index (χ2v) is 9.70. The average molecular weight is 358 g/mol. The number of fused-ring (bicyclic) bond motifs is 2. The van der Waals surface area contributed by atoms with E-state index in [-0.39, 0.29) is 34.5 Å². The van der Waals surface area contributed by atoms with E-state index in [2.05, 4.69) is 24.0 Å². The van der Waals surface area contributed by atoms with Gasteiger partial charge in [0.25, 0.3) is 0 Å². The summed E-state index contributed by atoms with van der Waals surface area (Å²) in [5.41, 5.74) is 1.09. The number of nitrogens with one attached hydrogen (secondary N) is 1. The maximum atomic E-state index is 12.3. The smallest absolute Gasteiger partial charge is 0.124 e. The van der Waals surface area contributed by atoms with Crippen molar-refractivity contribution >= 4 is 12.6 Å². The zero-order valence-electron chi connectivity index (χ0n) is 16.0. The molecule has 2 saturated carbocycles. The summed E-state index contributed by atoms with van der Waals surface area (Å²) in [6.45, 7) is 6.29. The first kappa shape index (κ1) is 17.9. The van der Waals surface area contributed by atoms with E-state index in [4.69, 9.17) is 0 Å². The van der Waals surface area contributed by atoms with Crippen LogP contribution in [-0.4, -0.2) is 33.5 Å². The van der Waals surface area contributed by atoms with Gasteiger partial charge in [-0.1, -0.05) is 13.8 Å². The first-order chi connectivity index (χ1) is 12.3. The van der Waals surface area contributed by atoms with E-state index in [1.165, 1.54) is 5.56 Å². The van der Waals surface area contributed by atoms with E-state index in [9.17, 15) is 14.7 Å². The maximum absolute atomic E-state index is 12.3. The Bertz CT molecular complexity index is 727. The van der Waals surface area contributed by atoms with E-state index >= 15 is 0 Å². The molecule has 0 aliphatic heterocycles. The first-order valence-corrected chi connectivity index (χ1v) is 9.91. The van der Waals surface area contributed by atoms with Crippen LogP contribution < -0.4 is 0 Å². The number of nitrogens with zero attached hydrogens (tertiary/aromatic N) is 1. The van der Waals surface area contributed by atoms with Crippen LogP contribution in [-0.2, 0) is 22.4 Å². The minimum Gasteiger partial charge on any atom is -0.390 e. The molecule has 0 radical (unpaired) electrons. The highest BCUT2D eigenvalue weighted by Gasteiger charge is 2.62. The van der Waals surface area contributed by atoms with E-state index in [0.717, 1.165) is 50.4 Å². The summed E-state index contributed by atoms with van der Waals surface area (Å²) in [6.07, 6.45) is 9.01. The Balaban J connectivity index is 1.71. The summed E-state index contributed by atoms with van der Waals surface area (Å²) in [5, 5.41) is 18.1. The van der Waals surface area contributed by atoms with Gasteiger partial charge in [-0.25, -0.2) is 0 Å². The van der Waals surface area contributed by atoms with Crippen LogP contribution in [0, 0.1) is 34.5 Å². The number of aliphatic hydroxyl groups is 1. The molecule has 1 heterocycles. The molecule has 142 valence electrons. The molecule has 0 aromatic carbocycles. The van der Waals surface area contributed by atoms with Gasteiger partial charge in [0, 0.05) is 17.5 Å². The van der Waals surface area contributed by atoms with Gasteiger partial charge in [-0.15, -0.1) is 0 Å². The third-order valence-electron chi connectivity index (χ3n) is 8.71. The molecule has 0 saturated heterocycles. The van der Waals surface area contributed by atoms with Crippen LogP contribution in [0.4, 0.5) is 0 Å². The van der Waals surface area contributed by atoms with Crippen molar-refractivity contribution in [1.82, 2.24) is 10.2 Å². The standard InChI is InChI=1S/C21H30N2O3/c1-19(9-13-10-22-23-18(13)8-14(19)11-24)16-4-6-20(2)17(15(16)12-25)5-7-21(20,3)26/h10-12,14-17,26H,4-9H2,1-3H3,(H,22,23)/t14-,15-,16+,17+,19+,20+,21+/m1/s1. The molecule has 1 aromatic rings. The van der Waals surface area contributed by atoms with Crippen molar-refractivity contribution in [2.45, 2.75) is 64.9 Å². The molecule has 0 spiro atoms. The Morgan fingerprint density at radius 2 is 1.88 bits per heavy atom. The molecule has 0 bridgehead atoms. The largest absolute Gasteiger partial charge is 0.390 e. The Morgan fingerprint density at radius 3 is 2.58 bits per heavy atom. The molecule has 5 heteroatoms. The Hall–Kier alpha value is -1.49. The average Bonchev–Trinajstić information content (AvgIpc) is 3.14. The molecule has 3 aliphatic rings. The number of hydrogen-bond acceptors (Lipinski definition) is 4.